The van der Waals surface area contributed by atoms with Gasteiger partial charge in [-0.3, -0.25) is 9.69 Å². The van der Waals surface area contributed by atoms with E-state index in [1.54, 1.807) is 0 Å². The third-order valence-electron chi connectivity index (χ3n) is 5.51. The average Bonchev–Trinajstić information content (AvgIpc) is 2.96. The molecule has 136 valence electrons. The van der Waals surface area contributed by atoms with Gasteiger partial charge in [0.15, 0.2) is 0 Å². The molecular formula is C21H22ClFN2O. The molecule has 0 radical (unpaired) electrons. The Hall–Kier alpha value is -1.91. The van der Waals surface area contributed by atoms with Gasteiger partial charge >= 0.3 is 0 Å². The lowest BCUT2D eigenvalue weighted by molar-refractivity contribution is 0.0736. The van der Waals surface area contributed by atoms with Crippen LogP contribution in [0, 0.1) is 11.7 Å². The molecule has 3 nitrogen and oxygen atoms in total. The molecule has 0 spiro atoms. The first-order valence-electron chi connectivity index (χ1n) is 9.12. The number of amides is 1. The van der Waals surface area contributed by atoms with E-state index in [0.717, 1.165) is 39.0 Å². The minimum atomic E-state index is -0.492. The molecule has 2 atom stereocenters. The molecule has 0 saturated carbocycles. The molecule has 0 aromatic heterocycles. The molecule has 0 unspecified atom stereocenters. The third kappa shape index (κ3) is 3.62. The van der Waals surface area contributed by atoms with Gasteiger partial charge in [-0.2, -0.15) is 0 Å². The first-order chi connectivity index (χ1) is 12.6. The number of carbonyl (C=O) groups is 1. The van der Waals surface area contributed by atoms with Gasteiger partial charge in [-0.1, -0.05) is 41.9 Å². The number of carbonyl (C=O) groups excluding carboxylic acids is 1. The van der Waals surface area contributed by atoms with Gasteiger partial charge in [0.1, 0.15) is 5.82 Å². The van der Waals surface area contributed by atoms with E-state index < -0.39 is 5.82 Å². The molecule has 3 aliphatic rings. The summed E-state index contributed by atoms with van der Waals surface area (Å²) in [5.74, 6) is -0.0594. The molecule has 5 heteroatoms. The lowest BCUT2D eigenvalue weighted by atomic mass is 9.94. The summed E-state index contributed by atoms with van der Waals surface area (Å²) in [5.41, 5.74) is 1.77. The second-order valence-electron chi connectivity index (χ2n) is 7.35. The summed E-state index contributed by atoms with van der Waals surface area (Å²) in [6.07, 6.45) is 2.27. The van der Waals surface area contributed by atoms with Crippen molar-refractivity contribution in [1.29, 1.82) is 0 Å². The fourth-order valence-corrected chi connectivity index (χ4v) is 4.35. The number of piperidine rings is 1. The van der Waals surface area contributed by atoms with Crippen molar-refractivity contribution in [3.63, 3.8) is 0 Å². The maximum Gasteiger partial charge on any atom is 0.253 e. The van der Waals surface area contributed by atoms with Crippen LogP contribution in [0.5, 0.6) is 0 Å². The number of benzene rings is 2. The van der Waals surface area contributed by atoms with Crippen LogP contribution >= 0.6 is 11.6 Å². The van der Waals surface area contributed by atoms with Gasteiger partial charge < -0.3 is 4.90 Å². The second-order valence-corrected chi connectivity index (χ2v) is 7.76. The molecule has 3 fully saturated rings. The molecule has 0 N–H and O–H groups in total. The van der Waals surface area contributed by atoms with Gasteiger partial charge in [-0.15, -0.1) is 0 Å². The summed E-state index contributed by atoms with van der Waals surface area (Å²) in [6.45, 7) is 3.42. The van der Waals surface area contributed by atoms with E-state index in [1.807, 2.05) is 11.0 Å². The molecule has 3 saturated heterocycles. The number of halogens is 2. The lowest BCUT2D eigenvalue weighted by Crippen LogP contribution is -2.43. The molecule has 3 aliphatic heterocycles. The predicted molar refractivity (Wildman–Crippen MR) is 101 cm³/mol. The number of fused-ring (bicyclic) bond motifs is 4. The van der Waals surface area contributed by atoms with Crippen molar-refractivity contribution < 1.29 is 9.18 Å². The Kier molecular flexibility index (Phi) is 4.96. The van der Waals surface area contributed by atoms with Crippen molar-refractivity contribution in [2.45, 2.75) is 25.4 Å². The molecule has 2 bridgehead atoms. The SMILES string of the molecule is O=C(c1ccc(F)c(Cl)c1)N1C[C@@H]2CC[C@H](C1)N(Cc1ccccc1)C2. The van der Waals surface area contributed by atoms with Crippen LogP contribution in [0.4, 0.5) is 4.39 Å². The smallest absolute Gasteiger partial charge is 0.253 e. The zero-order valence-corrected chi connectivity index (χ0v) is 15.3. The maximum absolute atomic E-state index is 13.4. The van der Waals surface area contributed by atoms with Crippen molar-refractivity contribution in [3.8, 4) is 0 Å². The summed E-state index contributed by atoms with van der Waals surface area (Å²) in [6, 6.07) is 15.1. The van der Waals surface area contributed by atoms with Gasteiger partial charge in [0.05, 0.1) is 5.02 Å². The molecular weight excluding hydrogens is 351 g/mol. The molecule has 2 aromatic rings. The van der Waals surface area contributed by atoms with Crippen LogP contribution in [0.2, 0.25) is 5.02 Å². The monoisotopic (exact) mass is 372 g/mol. The fraction of sp³-hybridized carbons (Fsp3) is 0.381. The van der Waals surface area contributed by atoms with Crippen LogP contribution in [-0.4, -0.2) is 41.4 Å². The highest BCUT2D eigenvalue weighted by Gasteiger charge is 2.36. The lowest BCUT2D eigenvalue weighted by Gasteiger charge is -2.36. The van der Waals surface area contributed by atoms with Crippen LogP contribution in [-0.2, 0) is 6.54 Å². The highest BCUT2D eigenvalue weighted by atomic mass is 35.5. The van der Waals surface area contributed by atoms with Crippen LogP contribution < -0.4 is 0 Å². The van der Waals surface area contributed by atoms with E-state index in [1.165, 1.54) is 23.8 Å². The Morgan fingerprint density at radius 2 is 1.88 bits per heavy atom. The Balaban J connectivity index is 1.50. The number of rotatable bonds is 3. The standard InChI is InChI=1S/C21H22ClFN2O/c22-19-10-17(7-9-20(19)23)21(26)25-13-16-6-8-18(14-25)24(12-16)11-15-4-2-1-3-5-15/h1-5,7,9-10,16,18H,6,8,11-14H2/t16-,18-/m1/s1. The van der Waals surface area contributed by atoms with Gasteiger partial charge in [0, 0.05) is 37.8 Å². The van der Waals surface area contributed by atoms with Gasteiger partial charge in [-0.05, 0) is 42.5 Å². The van der Waals surface area contributed by atoms with Gasteiger partial charge in [0.2, 0.25) is 0 Å². The van der Waals surface area contributed by atoms with Crippen LogP contribution in [0.1, 0.15) is 28.8 Å². The number of hydrogen-bond donors (Lipinski definition) is 0. The van der Waals surface area contributed by atoms with Crippen molar-refractivity contribution >= 4 is 17.5 Å². The molecule has 0 aliphatic carbocycles. The molecule has 26 heavy (non-hydrogen) atoms. The first-order valence-corrected chi connectivity index (χ1v) is 9.50. The zero-order valence-electron chi connectivity index (χ0n) is 14.6. The van der Waals surface area contributed by atoms with Crippen molar-refractivity contribution in [1.82, 2.24) is 9.80 Å². The maximum atomic E-state index is 13.4. The summed E-state index contributed by atoms with van der Waals surface area (Å²) in [5, 5.41) is -0.000604. The van der Waals surface area contributed by atoms with Gasteiger partial charge in [-0.25, -0.2) is 4.39 Å². The largest absolute Gasteiger partial charge is 0.337 e. The summed E-state index contributed by atoms with van der Waals surface area (Å²) in [4.78, 5) is 17.4. The molecule has 2 aromatic carbocycles. The van der Waals surface area contributed by atoms with E-state index in [2.05, 4.69) is 29.2 Å². The van der Waals surface area contributed by atoms with E-state index >= 15 is 0 Å². The fourth-order valence-electron chi connectivity index (χ4n) is 4.17. The summed E-state index contributed by atoms with van der Waals surface area (Å²) < 4.78 is 13.4. The summed E-state index contributed by atoms with van der Waals surface area (Å²) >= 11 is 5.86. The normalized spacial score (nSPS) is 23.1. The highest BCUT2D eigenvalue weighted by molar-refractivity contribution is 6.31. The van der Waals surface area contributed by atoms with E-state index in [9.17, 15) is 9.18 Å². The minimum Gasteiger partial charge on any atom is -0.337 e. The predicted octanol–water partition coefficient (Wildman–Crippen LogP) is 4.22. The molecule has 1 amide bonds. The first kappa shape index (κ1) is 17.5. The minimum absolute atomic E-state index is 0.000604. The van der Waals surface area contributed by atoms with Crippen LogP contribution in [0.15, 0.2) is 48.5 Å². The zero-order chi connectivity index (χ0) is 18.1. The topological polar surface area (TPSA) is 23.6 Å². The quantitative estimate of drug-likeness (QED) is 0.805. The highest BCUT2D eigenvalue weighted by Crippen LogP contribution is 2.30. The molecule has 3 heterocycles. The van der Waals surface area contributed by atoms with Crippen molar-refractivity contribution in [3.05, 3.63) is 70.5 Å². The third-order valence-corrected chi connectivity index (χ3v) is 5.80. The Morgan fingerprint density at radius 1 is 1.08 bits per heavy atom. The second kappa shape index (κ2) is 7.37. The van der Waals surface area contributed by atoms with Crippen molar-refractivity contribution in [2.75, 3.05) is 19.6 Å². The van der Waals surface area contributed by atoms with E-state index in [0.29, 0.717) is 17.5 Å². The number of hydrogen-bond acceptors (Lipinski definition) is 2. The summed E-state index contributed by atoms with van der Waals surface area (Å²) in [7, 11) is 0. The van der Waals surface area contributed by atoms with Crippen molar-refractivity contribution in [2.24, 2.45) is 5.92 Å². The van der Waals surface area contributed by atoms with Crippen LogP contribution in [0.3, 0.4) is 0 Å². The Bertz CT molecular complexity index is 798. The Labute approximate surface area is 158 Å². The van der Waals surface area contributed by atoms with E-state index in [-0.39, 0.29) is 10.9 Å². The number of nitrogens with zero attached hydrogens (tertiary/aromatic N) is 2. The Morgan fingerprint density at radius 3 is 2.65 bits per heavy atom. The van der Waals surface area contributed by atoms with E-state index in [4.69, 9.17) is 11.6 Å². The average molecular weight is 373 g/mol. The van der Waals surface area contributed by atoms with Crippen LogP contribution in [0.25, 0.3) is 0 Å². The van der Waals surface area contributed by atoms with Gasteiger partial charge in [0.25, 0.3) is 5.91 Å². The molecule has 5 rings (SSSR count).